The van der Waals surface area contributed by atoms with Gasteiger partial charge in [-0.1, -0.05) is 26.8 Å². The number of methoxy groups -OCH3 is 1. The fourth-order valence-corrected chi connectivity index (χ4v) is 3.16. The van der Waals surface area contributed by atoms with Gasteiger partial charge in [0.15, 0.2) is 8.32 Å². The molecule has 0 spiro atoms. The fraction of sp³-hybridized carbons (Fsp3) is 0.778. The van der Waals surface area contributed by atoms with E-state index in [-0.39, 0.29) is 11.1 Å². The molecule has 0 bridgehead atoms. The van der Waals surface area contributed by atoms with Crippen LogP contribution in [0.4, 0.5) is 4.79 Å². The smallest absolute Gasteiger partial charge is 0.408 e. The lowest BCUT2D eigenvalue weighted by molar-refractivity contribution is -0.134. The highest BCUT2D eigenvalue weighted by molar-refractivity contribution is 6.74. The van der Waals surface area contributed by atoms with Crippen LogP contribution < -0.4 is 5.32 Å². The average molecular weight is 374 g/mol. The minimum atomic E-state index is -2.04. The Morgan fingerprint density at radius 2 is 1.60 bits per heavy atom. The summed E-state index contributed by atoms with van der Waals surface area (Å²) in [4.78, 5) is 23.5. The predicted molar refractivity (Wildman–Crippen MR) is 102 cm³/mol. The summed E-state index contributed by atoms with van der Waals surface area (Å²) >= 11 is 0. The lowest BCUT2D eigenvalue weighted by Gasteiger charge is -2.40. The summed E-state index contributed by atoms with van der Waals surface area (Å²) in [5.41, 5.74) is -0.607. The zero-order valence-electron chi connectivity index (χ0n) is 17.4. The third-order valence-electron chi connectivity index (χ3n) is 4.12. The first-order chi connectivity index (χ1) is 11.1. The van der Waals surface area contributed by atoms with Gasteiger partial charge < -0.3 is 19.2 Å². The highest BCUT2D eigenvalue weighted by Crippen LogP contribution is 2.37. The van der Waals surface area contributed by atoms with Crippen LogP contribution in [-0.2, 0) is 18.7 Å². The Balaban J connectivity index is 5.27. The Labute approximate surface area is 153 Å². The molecule has 6 nitrogen and oxygen atoms in total. The Kier molecular flexibility index (Phi) is 8.37. The summed E-state index contributed by atoms with van der Waals surface area (Å²) < 4.78 is 16.3. The SMILES string of the molecule is COC(=O)/C=C/[C@H](NC(=O)OC(C)(C)C)[C@@H](C)O[Si](C)(C)C(C)(C)C. The molecule has 1 amide bonds. The van der Waals surface area contributed by atoms with Crippen LogP contribution in [-0.4, -0.2) is 45.2 Å². The van der Waals surface area contributed by atoms with Gasteiger partial charge >= 0.3 is 12.1 Å². The van der Waals surface area contributed by atoms with Crippen LogP contribution >= 0.6 is 0 Å². The van der Waals surface area contributed by atoms with E-state index in [1.807, 2.05) is 6.92 Å². The standard InChI is InChI=1S/C18H35NO5Si/c1-13(24-25(9,10)18(5,6)7)14(11-12-15(20)22-8)19-16(21)23-17(2,3)4/h11-14H,1-10H3,(H,19,21)/b12-11+/t13-,14+/m1/s1. The maximum Gasteiger partial charge on any atom is 0.408 e. The summed E-state index contributed by atoms with van der Waals surface area (Å²) in [6.07, 6.45) is 1.98. The average Bonchev–Trinajstić information content (AvgIpc) is 2.38. The number of hydrogen-bond donors (Lipinski definition) is 1. The first-order valence-electron chi connectivity index (χ1n) is 8.52. The lowest BCUT2D eigenvalue weighted by Crippen LogP contribution is -2.50. The number of carbonyl (C=O) groups excluding carboxylic acids is 2. The highest BCUT2D eigenvalue weighted by Gasteiger charge is 2.39. The van der Waals surface area contributed by atoms with E-state index >= 15 is 0 Å². The Morgan fingerprint density at radius 3 is 2.00 bits per heavy atom. The van der Waals surface area contributed by atoms with Crippen molar-refractivity contribution in [3.05, 3.63) is 12.2 Å². The second-order valence-corrected chi connectivity index (χ2v) is 13.4. The monoisotopic (exact) mass is 373 g/mol. The number of carbonyl (C=O) groups is 2. The van der Waals surface area contributed by atoms with E-state index in [9.17, 15) is 9.59 Å². The molecule has 0 fully saturated rings. The molecule has 0 saturated heterocycles. The summed E-state index contributed by atoms with van der Waals surface area (Å²) in [6.45, 7) is 18.0. The van der Waals surface area contributed by atoms with E-state index in [4.69, 9.17) is 9.16 Å². The molecular formula is C18H35NO5Si. The third-order valence-corrected chi connectivity index (χ3v) is 8.69. The predicted octanol–water partition coefficient (Wildman–Crippen LogP) is 4.02. The van der Waals surface area contributed by atoms with E-state index in [2.05, 4.69) is 43.9 Å². The van der Waals surface area contributed by atoms with Crippen LogP contribution in [0, 0.1) is 0 Å². The first-order valence-corrected chi connectivity index (χ1v) is 11.4. The summed E-state index contributed by atoms with van der Waals surface area (Å²) in [6, 6.07) is -0.511. The normalized spacial score (nSPS) is 15.6. The van der Waals surface area contributed by atoms with Crippen LogP contribution in [0.5, 0.6) is 0 Å². The summed E-state index contributed by atoms with van der Waals surface area (Å²) in [5, 5.41) is 2.80. The van der Waals surface area contributed by atoms with Crippen LogP contribution in [0.15, 0.2) is 12.2 Å². The number of amides is 1. The molecule has 7 heteroatoms. The van der Waals surface area contributed by atoms with Gasteiger partial charge in [0.25, 0.3) is 0 Å². The molecule has 25 heavy (non-hydrogen) atoms. The van der Waals surface area contributed by atoms with Crippen molar-refractivity contribution in [2.24, 2.45) is 0 Å². The van der Waals surface area contributed by atoms with Crippen molar-refractivity contribution in [2.75, 3.05) is 7.11 Å². The van der Waals surface area contributed by atoms with Gasteiger partial charge in [-0.25, -0.2) is 9.59 Å². The molecular weight excluding hydrogens is 338 g/mol. The molecule has 146 valence electrons. The van der Waals surface area contributed by atoms with Gasteiger partial charge in [-0.05, 0) is 45.8 Å². The number of ether oxygens (including phenoxy) is 2. The maximum atomic E-state index is 12.1. The van der Waals surface area contributed by atoms with Crippen molar-refractivity contribution < 1.29 is 23.5 Å². The van der Waals surface area contributed by atoms with E-state index in [0.29, 0.717) is 0 Å². The van der Waals surface area contributed by atoms with Crippen molar-refractivity contribution in [2.45, 2.75) is 84.3 Å². The fourth-order valence-electron chi connectivity index (χ4n) is 1.73. The van der Waals surface area contributed by atoms with Crippen molar-refractivity contribution in [3.63, 3.8) is 0 Å². The molecule has 0 heterocycles. The highest BCUT2D eigenvalue weighted by atomic mass is 28.4. The zero-order chi connectivity index (χ0) is 20.1. The van der Waals surface area contributed by atoms with Crippen LogP contribution in [0.3, 0.4) is 0 Å². The number of rotatable bonds is 6. The minimum Gasteiger partial charge on any atom is -0.466 e. The van der Waals surface area contributed by atoms with E-state index in [1.165, 1.54) is 13.2 Å². The Hall–Kier alpha value is -1.34. The molecule has 0 aliphatic heterocycles. The number of hydrogen-bond acceptors (Lipinski definition) is 5. The van der Waals surface area contributed by atoms with Crippen molar-refractivity contribution in [1.82, 2.24) is 5.32 Å². The minimum absolute atomic E-state index is 0.0315. The topological polar surface area (TPSA) is 73.9 Å². The largest absolute Gasteiger partial charge is 0.466 e. The van der Waals surface area contributed by atoms with Crippen LogP contribution in [0.2, 0.25) is 18.1 Å². The van der Waals surface area contributed by atoms with Crippen LogP contribution in [0.1, 0.15) is 48.5 Å². The molecule has 0 rings (SSSR count). The quantitative estimate of drug-likeness (QED) is 0.432. The first kappa shape index (κ1) is 23.7. The van der Waals surface area contributed by atoms with Gasteiger partial charge in [0.2, 0.25) is 0 Å². The molecule has 0 saturated carbocycles. The van der Waals surface area contributed by atoms with E-state index < -0.39 is 32.0 Å². The van der Waals surface area contributed by atoms with Crippen molar-refractivity contribution in [3.8, 4) is 0 Å². The van der Waals surface area contributed by atoms with Gasteiger partial charge in [-0.2, -0.15) is 0 Å². The summed E-state index contributed by atoms with van der Waals surface area (Å²) in [5.74, 6) is -0.490. The van der Waals surface area contributed by atoms with Gasteiger partial charge in [0, 0.05) is 6.08 Å². The number of nitrogens with one attached hydrogen (secondary N) is 1. The second kappa shape index (κ2) is 8.85. The van der Waals surface area contributed by atoms with E-state index in [1.54, 1.807) is 26.8 Å². The molecule has 0 aromatic carbocycles. The molecule has 0 radical (unpaired) electrons. The molecule has 0 aromatic heterocycles. The third kappa shape index (κ3) is 9.07. The van der Waals surface area contributed by atoms with Gasteiger partial charge in [0.05, 0.1) is 19.3 Å². The molecule has 0 aliphatic carbocycles. The molecule has 1 N–H and O–H groups in total. The molecule has 0 unspecified atom stereocenters. The number of esters is 1. The molecule has 0 aromatic rings. The maximum absolute atomic E-state index is 12.1. The Morgan fingerprint density at radius 1 is 1.08 bits per heavy atom. The van der Waals surface area contributed by atoms with Crippen LogP contribution in [0.25, 0.3) is 0 Å². The van der Waals surface area contributed by atoms with Gasteiger partial charge in [-0.3, -0.25) is 0 Å². The number of alkyl carbamates (subject to hydrolysis) is 1. The lowest BCUT2D eigenvalue weighted by atomic mass is 10.1. The summed E-state index contributed by atoms with van der Waals surface area (Å²) in [7, 11) is -0.731. The van der Waals surface area contributed by atoms with Gasteiger partial charge in [0.1, 0.15) is 5.60 Å². The van der Waals surface area contributed by atoms with Gasteiger partial charge in [-0.15, -0.1) is 0 Å². The Bertz CT molecular complexity index is 489. The molecule has 0 aliphatic rings. The molecule has 2 atom stereocenters. The second-order valence-electron chi connectivity index (χ2n) is 8.64. The zero-order valence-corrected chi connectivity index (χ0v) is 18.4. The van der Waals surface area contributed by atoms with Crippen molar-refractivity contribution in [1.29, 1.82) is 0 Å². The van der Waals surface area contributed by atoms with Crippen molar-refractivity contribution >= 4 is 20.4 Å². The van der Waals surface area contributed by atoms with E-state index in [0.717, 1.165) is 0 Å².